The van der Waals surface area contributed by atoms with Gasteiger partial charge in [-0.15, -0.1) is 0 Å². The molecule has 0 atom stereocenters. The van der Waals surface area contributed by atoms with Crippen molar-refractivity contribution >= 4 is 43.4 Å². The van der Waals surface area contributed by atoms with Crippen molar-refractivity contribution in [2.45, 2.75) is 5.92 Å². The van der Waals surface area contributed by atoms with E-state index in [1.54, 1.807) is 14.2 Å². The number of fused-ring (bicyclic) bond motifs is 2. The first-order valence-electron chi connectivity index (χ1n) is 10.4. The second-order valence-corrected chi connectivity index (χ2v) is 8.65. The zero-order valence-electron chi connectivity index (χ0n) is 18.1. The fourth-order valence-corrected chi connectivity index (χ4v) is 4.60. The van der Waals surface area contributed by atoms with E-state index in [1.807, 2.05) is 73.1 Å². The van der Waals surface area contributed by atoms with E-state index in [1.165, 1.54) is 0 Å². The fraction of sp³-hybridized carbons (Fsp3) is 0.115. The average Bonchev–Trinajstić information content (AvgIpc) is 3.46. The summed E-state index contributed by atoms with van der Waals surface area (Å²) in [5.41, 5.74) is 5.25. The lowest BCUT2D eigenvalue weighted by Crippen LogP contribution is -2.15. The molecule has 166 valence electrons. The van der Waals surface area contributed by atoms with Crippen LogP contribution in [0.1, 0.15) is 22.6 Å². The SMILES string of the molecule is COc1ccc2[nH]cc(C(/C(=N\O)c3ccc(Br)cc3)c3c[nH]c4ccc(OC)cc34)c2c1. The minimum absolute atomic E-state index is 0.363. The number of nitrogens with one attached hydrogen (secondary N) is 2. The highest BCUT2D eigenvalue weighted by atomic mass is 79.9. The molecule has 0 aliphatic carbocycles. The summed E-state index contributed by atoms with van der Waals surface area (Å²) in [6.07, 6.45) is 3.94. The predicted molar refractivity (Wildman–Crippen MR) is 134 cm³/mol. The summed E-state index contributed by atoms with van der Waals surface area (Å²) in [4.78, 5) is 6.71. The molecule has 7 heteroatoms. The Morgan fingerprint density at radius 1 is 0.818 bits per heavy atom. The normalized spacial score (nSPS) is 12.1. The highest BCUT2D eigenvalue weighted by Crippen LogP contribution is 2.39. The first kappa shape index (κ1) is 21.2. The van der Waals surface area contributed by atoms with Gasteiger partial charge in [0.1, 0.15) is 11.5 Å². The fourth-order valence-electron chi connectivity index (χ4n) is 4.34. The third-order valence-corrected chi connectivity index (χ3v) is 6.51. The van der Waals surface area contributed by atoms with Gasteiger partial charge in [0, 0.05) is 44.2 Å². The molecule has 5 aromatic rings. The number of methoxy groups -OCH3 is 2. The van der Waals surface area contributed by atoms with Gasteiger partial charge >= 0.3 is 0 Å². The largest absolute Gasteiger partial charge is 0.497 e. The predicted octanol–water partition coefficient (Wildman–Crippen LogP) is 6.44. The smallest absolute Gasteiger partial charge is 0.119 e. The lowest BCUT2D eigenvalue weighted by Gasteiger charge is -2.19. The zero-order valence-corrected chi connectivity index (χ0v) is 19.7. The lowest BCUT2D eigenvalue weighted by atomic mass is 9.84. The van der Waals surface area contributed by atoms with Gasteiger partial charge in [0.25, 0.3) is 0 Å². The molecule has 2 aromatic heterocycles. The Balaban J connectivity index is 1.79. The molecule has 0 spiro atoms. The van der Waals surface area contributed by atoms with Crippen molar-refractivity contribution in [3.05, 3.63) is 94.2 Å². The number of aromatic nitrogens is 2. The van der Waals surface area contributed by atoms with E-state index in [9.17, 15) is 5.21 Å². The van der Waals surface area contributed by atoms with E-state index in [0.29, 0.717) is 5.71 Å². The van der Waals surface area contributed by atoms with E-state index in [4.69, 9.17) is 9.47 Å². The van der Waals surface area contributed by atoms with Crippen molar-refractivity contribution in [3.8, 4) is 11.5 Å². The number of H-pyrrole nitrogens is 2. The number of nitrogens with zero attached hydrogens (tertiary/aromatic N) is 1. The van der Waals surface area contributed by atoms with Crippen LogP contribution < -0.4 is 9.47 Å². The van der Waals surface area contributed by atoms with E-state index >= 15 is 0 Å². The second-order valence-electron chi connectivity index (χ2n) is 7.74. The molecule has 0 aliphatic rings. The van der Waals surface area contributed by atoms with Gasteiger partial charge in [-0.2, -0.15) is 0 Å². The Morgan fingerprint density at radius 2 is 1.33 bits per heavy atom. The second kappa shape index (κ2) is 8.67. The molecule has 0 radical (unpaired) electrons. The van der Waals surface area contributed by atoms with Gasteiger partial charge in [0.05, 0.1) is 25.8 Å². The molecule has 2 heterocycles. The molecule has 0 unspecified atom stereocenters. The van der Waals surface area contributed by atoms with Crippen LogP contribution in [-0.4, -0.2) is 35.1 Å². The molecule has 0 aliphatic heterocycles. The molecule has 3 aromatic carbocycles. The lowest BCUT2D eigenvalue weighted by molar-refractivity contribution is 0.317. The van der Waals surface area contributed by atoms with Crippen LogP contribution in [0.5, 0.6) is 11.5 Å². The van der Waals surface area contributed by atoms with Crippen molar-refractivity contribution in [1.82, 2.24) is 9.97 Å². The van der Waals surface area contributed by atoms with Crippen molar-refractivity contribution in [3.63, 3.8) is 0 Å². The Hall–Kier alpha value is -3.71. The first-order chi connectivity index (χ1) is 16.1. The van der Waals surface area contributed by atoms with E-state index in [2.05, 4.69) is 31.1 Å². The summed E-state index contributed by atoms with van der Waals surface area (Å²) >= 11 is 3.49. The Bertz CT molecular complexity index is 1390. The number of oxime groups is 1. The number of halogens is 1. The average molecular weight is 504 g/mol. The minimum Gasteiger partial charge on any atom is -0.497 e. The number of ether oxygens (including phenoxy) is 2. The molecule has 0 saturated heterocycles. The van der Waals surface area contributed by atoms with Crippen LogP contribution in [0.15, 0.2) is 82.7 Å². The quantitative estimate of drug-likeness (QED) is 0.141. The van der Waals surface area contributed by atoms with Gasteiger partial charge in [0.15, 0.2) is 0 Å². The number of aromatic amines is 2. The third-order valence-electron chi connectivity index (χ3n) is 5.98. The van der Waals surface area contributed by atoms with E-state index in [0.717, 1.165) is 54.5 Å². The number of benzene rings is 3. The maximum Gasteiger partial charge on any atom is 0.119 e. The highest BCUT2D eigenvalue weighted by Gasteiger charge is 2.28. The van der Waals surface area contributed by atoms with Gasteiger partial charge in [-0.3, -0.25) is 0 Å². The van der Waals surface area contributed by atoms with Gasteiger partial charge in [-0.25, -0.2) is 0 Å². The van der Waals surface area contributed by atoms with Crippen molar-refractivity contribution in [1.29, 1.82) is 0 Å². The summed E-state index contributed by atoms with van der Waals surface area (Å²) < 4.78 is 11.9. The zero-order chi connectivity index (χ0) is 22.9. The number of rotatable bonds is 6. The van der Waals surface area contributed by atoms with E-state index < -0.39 is 0 Å². The summed E-state index contributed by atoms with van der Waals surface area (Å²) in [6.45, 7) is 0. The van der Waals surface area contributed by atoms with E-state index in [-0.39, 0.29) is 5.92 Å². The van der Waals surface area contributed by atoms with Crippen molar-refractivity contribution in [2.75, 3.05) is 14.2 Å². The molecule has 0 fully saturated rings. The summed E-state index contributed by atoms with van der Waals surface area (Å²) in [6, 6.07) is 19.6. The molecule has 0 bridgehead atoms. The molecule has 5 rings (SSSR count). The Morgan fingerprint density at radius 3 is 1.79 bits per heavy atom. The molecular weight excluding hydrogens is 482 g/mol. The van der Waals surface area contributed by atoms with Gasteiger partial charge in [-0.05, 0) is 59.7 Å². The van der Waals surface area contributed by atoms with Crippen LogP contribution in [0.4, 0.5) is 0 Å². The van der Waals surface area contributed by atoms with Gasteiger partial charge < -0.3 is 24.6 Å². The summed E-state index contributed by atoms with van der Waals surface area (Å²) in [5.74, 6) is 1.15. The van der Waals surface area contributed by atoms with Crippen molar-refractivity contribution < 1.29 is 14.7 Å². The van der Waals surface area contributed by atoms with Crippen LogP contribution in [0, 0.1) is 0 Å². The molecule has 33 heavy (non-hydrogen) atoms. The van der Waals surface area contributed by atoms with Crippen molar-refractivity contribution in [2.24, 2.45) is 5.16 Å². The molecule has 6 nitrogen and oxygen atoms in total. The van der Waals surface area contributed by atoms with Gasteiger partial charge in [-0.1, -0.05) is 33.2 Å². The molecule has 0 saturated carbocycles. The minimum atomic E-state index is -0.363. The maximum absolute atomic E-state index is 10.3. The molecular formula is C26H22BrN3O3. The number of hydrogen-bond acceptors (Lipinski definition) is 4. The van der Waals surface area contributed by atoms with Crippen LogP contribution in [-0.2, 0) is 0 Å². The van der Waals surface area contributed by atoms with Crippen LogP contribution in [0.3, 0.4) is 0 Å². The summed E-state index contributed by atoms with van der Waals surface area (Å²) in [5, 5.41) is 16.1. The van der Waals surface area contributed by atoms with Crippen LogP contribution in [0.25, 0.3) is 21.8 Å². The standard InChI is InChI=1S/C26H22BrN3O3/c1-32-17-7-9-23-19(11-17)21(13-28-23)25(26(30-31)15-3-5-16(27)6-4-15)22-14-29-24-10-8-18(33-2)12-20(22)24/h3-14,25,28-29,31H,1-2H3/b30-26-. The molecule has 0 amide bonds. The Kier molecular flexibility index (Phi) is 5.56. The first-order valence-corrected chi connectivity index (χ1v) is 11.2. The highest BCUT2D eigenvalue weighted by molar-refractivity contribution is 9.10. The number of hydrogen-bond donors (Lipinski definition) is 3. The Labute approximate surface area is 199 Å². The van der Waals surface area contributed by atoms with Crippen LogP contribution in [0.2, 0.25) is 0 Å². The van der Waals surface area contributed by atoms with Crippen LogP contribution >= 0.6 is 15.9 Å². The topological polar surface area (TPSA) is 82.6 Å². The third kappa shape index (κ3) is 3.74. The molecule has 3 N–H and O–H groups in total. The van der Waals surface area contributed by atoms with Gasteiger partial charge in [0.2, 0.25) is 0 Å². The monoisotopic (exact) mass is 503 g/mol. The summed E-state index contributed by atoms with van der Waals surface area (Å²) in [7, 11) is 3.30. The maximum atomic E-state index is 10.3.